The summed E-state index contributed by atoms with van der Waals surface area (Å²) < 4.78 is 0. The number of hydrogen-bond donors (Lipinski definition) is 3. The molecule has 0 aromatic heterocycles. The van der Waals surface area contributed by atoms with Gasteiger partial charge in [-0.1, -0.05) is 6.92 Å². The van der Waals surface area contributed by atoms with Crippen LogP contribution in [0.3, 0.4) is 0 Å². The highest BCUT2D eigenvalue weighted by atomic mass is 32.2. The van der Waals surface area contributed by atoms with Gasteiger partial charge >= 0.3 is 5.97 Å². The van der Waals surface area contributed by atoms with Crippen molar-refractivity contribution in [3.63, 3.8) is 0 Å². The van der Waals surface area contributed by atoms with Crippen LogP contribution in [0.25, 0.3) is 0 Å². The Morgan fingerprint density at radius 2 is 2.42 bits per heavy atom. The Morgan fingerprint density at radius 3 is 2.83 bits per heavy atom. The Kier molecular flexibility index (Phi) is 7.23. The monoisotopic (exact) mass is 192 g/mol. The van der Waals surface area contributed by atoms with Crippen LogP contribution < -0.4 is 11.1 Å². The van der Waals surface area contributed by atoms with Gasteiger partial charge in [0.15, 0.2) is 0 Å². The number of likely N-dealkylation sites (N-methyl/N-ethyl adjacent to an activating group) is 1. The van der Waals surface area contributed by atoms with Crippen molar-refractivity contribution in [3.05, 3.63) is 0 Å². The van der Waals surface area contributed by atoms with Gasteiger partial charge in [-0.05, 0) is 6.54 Å². The molecule has 0 rings (SSSR count). The van der Waals surface area contributed by atoms with Crippen molar-refractivity contribution in [2.24, 2.45) is 5.73 Å². The first-order valence-corrected chi connectivity index (χ1v) is 5.11. The molecule has 0 spiro atoms. The summed E-state index contributed by atoms with van der Waals surface area (Å²) >= 11 is 1.56. The molecule has 4 nitrogen and oxygen atoms in total. The normalized spacial score (nSPS) is 12.8. The van der Waals surface area contributed by atoms with Crippen LogP contribution in [-0.2, 0) is 4.79 Å². The van der Waals surface area contributed by atoms with E-state index >= 15 is 0 Å². The van der Waals surface area contributed by atoms with Gasteiger partial charge in [0.25, 0.3) is 0 Å². The standard InChI is InChI=1S/C7H16N2O2S/c1-2-9-6(7(10)11)5-12-4-3-8/h6,9H,2-5,8H2,1H3,(H,10,11). The van der Waals surface area contributed by atoms with E-state index in [-0.39, 0.29) is 0 Å². The topological polar surface area (TPSA) is 75.3 Å². The van der Waals surface area contributed by atoms with Gasteiger partial charge in [-0.15, -0.1) is 0 Å². The van der Waals surface area contributed by atoms with Gasteiger partial charge in [-0.2, -0.15) is 11.8 Å². The largest absolute Gasteiger partial charge is 0.480 e. The molecule has 0 aliphatic carbocycles. The smallest absolute Gasteiger partial charge is 0.321 e. The Hall–Kier alpha value is -0.260. The van der Waals surface area contributed by atoms with E-state index in [1.54, 1.807) is 11.8 Å². The summed E-state index contributed by atoms with van der Waals surface area (Å²) in [5.41, 5.74) is 5.28. The summed E-state index contributed by atoms with van der Waals surface area (Å²) in [6.07, 6.45) is 0. The molecule has 0 aliphatic rings. The SMILES string of the molecule is CCNC(CSCCN)C(=O)O. The van der Waals surface area contributed by atoms with E-state index in [0.717, 1.165) is 5.75 Å². The number of aliphatic carboxylic acids is 1. The Bertz CT molecular complexity index is 133. The third-order valence-electron chi connectivity index (χ3n) is 1.30. The predicted molar refractivity (Wildman–Crippen MR) is 51.5 cm³/mol. The molecule has 0 aromatic carbocycles. The molecule has 72 valence electrons. The maximum absolute atomic E-state index is 10.6. The van der Waals surface area contributed by atoms with Crippen molar-refractivity contribution < 1.29 is 9.90 Å². The van der Waals surface area contributed by atoms with Gasteiger partial charge < -0.3 is 16.2 Å². The van der Waals surface area contributed by atoms with E-state index < -0.39 is 12.0 Å². The van der Waals surface area contributed by atoms with E-state index in [9.17, 15) is 4.79 Å². The quantitative estimate of drug-likeness (QED) is 0.485. The predicted octanol–water partition coefficient (Wildman–Crippen LogP) is -0.259. The number of carbonyl (C=O) groups is 1. The van der Waals surface area contributed by atoms with Crippen molar-refractivity contribution in [3.8, 4) is 0 Å². The van der Waals surface area contributed by atoms with Gasteiger partial charge in [0.2, 0.25) is 0 Å². The van der Waals surface area contributed by atoms with Crippen LogP contribution in [0.15, 0.2) is 0 Å². The second-order valence-corrected chi connectivity index (χ2v) is 3.46. The lowest BCUT2D eigenvalue weighted by atomic mass is 10.3. The molecule has 0 amide bonds. The number of hydrogen-bond acceptors (Lipinski definition) is 4. The van der Waals surface area contributed by atoms with Gasteiger partial charge in [0.1, 0.15) is 6.04 Å². The molecule has 0 aliphatic heterocycles. The third kappa shape index (κ3) is 5.40. The molecule has 0 saturated heterocycles. The Morgan fingerprint density at radius 1 is 1.75 bits per heavy atom. The van der Waals surface area contributed by atoms with Crippen LogP contribution in [-0.4, -0.2) is 41.7 Å². The molecule has 0 heterocycles. The molecular weight excluding hydrogens is 176 g/mol. The fourth-order valence-electron chi connectivity index (χ4n) is 0.748. The average molecular weight is 192 g/mol. The maximum atomic E-state index is 10.6. The number of carboxylic acid groups (broad SMARTS) is 1. The molecule has 0 aromatic rings. The van der Waals surface area contributed by atoms with Crippen molar-refractivity contribution in [2.45, 2.75) is 13.0 Å². The van der Waals surface area contributed by atoms with Crippen LogP contribution in [0.5, 0.6) is 0 Å². The zero-order chi connectivity index (χ0) is 9.40. The summed E-state index contributed by atoms with van der Waals surface area (Å²) in [5, 5.41) is 11.6. The second kappa shape index (κ2) is 7.39. The molecule has 12 heavy (non-hydrogen) atoms. The molecule has 0 fully saturated rings. The molecule has 0 bridgehead atoms. The van der Waals surface area contributed by atoms with Crippen LogP contribution in [0.2, 0.25) is 0 Å². The van der Waals surface area contributed by atoms with Crippen LogP contribution in [0.1, 0.15) is 6.92 Å². The van der Waals surface area contributed by atoms with Crippen molar-refractivity contribution in [1.29, 1.82) is 0 Å². The van der Waals surface area contributed by atoms with Gasteiger partial charge in [-0.25, -0.2) is 0 Å². The van der Waals surface area contributed by atoms with Crippen LogP contribution in [0, 0.1) is 0 Å². The average Bonchev–Trinajstić information content (AvgIpc) is 2.03. The molecule has 5 heteroatoms. The van der Waals surface area contributed by atoms with Crippen LogP contribution >= 0.6 is 11.8 Å². The number of rotatable bonds is 7. The first-order valence-electron chi connectivity index (χ1n) is 3.96. The fourth-order valence-corrected chi connectivity index (χ4v) is 1.58. The lowest BCUT2D eigenvalue weighted by Gasteiger charge is -2.11. The zero-order valence-electron chi connectivity index (χ0n) is 7.25. The van der Waals surface area contributed by atoms with Gasteiger partial charge in [-0.3, -0.25) is 4.79 Å². The minimum atomic E-state index is -0.790. The van der Waals surface area contributed by atoms with Crippen molar-refractivity contribution in [2.75, 3.05) is 24.6 Å². The summed E-state index contributed by atoms with van der Waals surface area (Å²) in [6.45, 7) is 3.17. The molecule has 4 N–H and O–H groups in total. The Labute approximate surface area is 76.9 Å². The van der Waals surface area contributed by atoms with E-state index in [1.807, 2.05) is 6.92 Å². The lowest BCUT2D eigenvalue weighted by molar-refractivity contribution is -0.138. The van der Waals surface area contributed by atoms with E-state index in [0.29, 0.717) is 18.8 Å². The maximum Gasteiger partial charge on any atom is 0.321 e. The summed E-state index contributed by atoms with van der Waals surface area (Å²) in [6, 6.07) is -0.438. The number of carboxylic acids is 1. The van der Waals surface area contributed by atoms with Gasteiger partial charge in [0, 0.05) is 18.1 Å². The van der Waals surface area contributed by atoms with E-state index in [2.05, 4.69) is 5.32 Å². The first-order chi connectivity index (χ1) is 5.72. The van der Waals surface area contributed by atoms with Crippen molar-refractivity contribution in [1.82, 2.24) is 5.32 Å². The molecular formula is C7H16N2O2S. The molecule has 1 atom stereocenters. The second-order valence-electron chi connectivity index (χ2n) is 2.31. The minimum absolute atomic E-state index is 0.438. The fraction of sp³-hybridized carbons (Fsp3) is 0.857. The van der Waals surface area contributed by atoms with E-state index in [4.69, 9.17) is 10.8 Å². The van der Waals surface area contributed by atoms with Gasteiger partial charge in [0.05, 0.1) is 0 Å². The summed E-state index contributed by atoms with van der Waals surface area (Å²) in [5.74, 6) is 0.608. The number of nitrogens with one attached hydrogen (secondary N) is 1. The molecule has 0 radical (unpaired) electrons. The number of nitrogens with two attached hydrogens (primary N) is 1. The van der Waals surface area contributed by atoms with Crippen LogP contribution in [0.4, 0.5) is 0 Å². The molecule has 1 unspecified atom stereocenters. The van der Waals surface area contributed by atoms with E-state index in [1.165, 1.54) is 0 Å². The highest BCUT2D eigenvalue weighted by Crippen LogP contribution is 2.01. The minimum Gasteiger partial charge on any atom is -0.480 e. The number of thioether (sulfide) groups is 1. The summed E-state index contributed by atoms with van der Waals surface area (Å²) in [7, 11) is 0. The highest BCUT2D eigenvalue weighted by Gasteiger charge is 2.14. The third-order valence-corrected chi connectivity index (χ3v) is 2.39. The summed E-state index contributed by atoms with van der Waals surface area (Å²) in [4.78, 5) is 10.6. The Balaban J connectivity index is 3.56. The molecule has 0 saturated carbocycles. The zero-order valence-corrected chi connectivity index (χ0v) is 8.06. The highest BCUT2D eigenvalue weighted by molar-refractivity contribution is 7.99. The van der Waals surface area contributed by atoms with Crippen molar-refractivity contribution >= 4 is 17.7 Å². The lowest BCUT2D eigenvalue weighted by Crippen LogP contribution is -2.38. The first kappa shape index (κ1) is 11.7.